The Bertz CT molecular complexity index is 330. The lowest BCUT2D eigenvalue weighted by Crippen LogP contribution is -2.30. The van der Waals surface area contributed by atoms with Crippen LogP contribution in [0.4, 0.5) is 0 Å². The lowest BCUT2D eigenvalue weighted by atomic mass is 10.1. The normalized spacial score (nSPS) is 16.8. The highest BCUT2D eigenvalue weighted by molar-refractivity contribution is 9.10. The van der Waals surface area contributed by atoms with Crippen LogP contribution in [0.2, 0.25) is 0 Å². The van der Waals surface area contributed by atoms with Crippen molar-refractivity contribution in [2.75, 3.05) is 13.2 Å². The quantitative estimate of drug-likeness (QED) is 0.837. The number of hydrogen-bond acceptors (Lipinski definition) is 4. The monoisotopic (exact) mass is 321 g/mol. The van der Waals surface area contributed by atoms with Crippen molar-refractivity contribution in [2.45, 2.75) is 39.0 Å². The summed E-state index contributed by atoms with van der Waals surface area (Å²) >= 11 is 5.11. The van der Waals surface area contributed by atoms with Gasteiger partial charge in [-0.1, -0.05) is 0 Å². The van der Waals surface area contributed by atoms with E-state index in [2.05, 4.69) is 22.0 Å². The maximum atomic E-state index is 5.98. The SMILES string of the molecule is CCOCC(C)OC(c1cc(Br)cs1)C(C)N. The summed E-state index contributed by atoms with van der Waals surface area (Å²) in [6, 6.07) is 2.02. The van der Waals surface area contributed by atoms with Gasteiger partial charge in [0.2, 0.25) is 0 Å². The van der Waals surface area contributed by atoms with Crippen molar-refractivity contribution < 1.29 is 9.47 Å². The van der Waals surface area contributed by atoms with E-state index >= 15 is 0 Å². The fraction of sp³-hybridized carbons (Fsp3) is 0.667. The van der Waals surface area contributed by atoms with Crippen molar-refractivity contribution >= 4 is 27.3 Å². The van der Waals surface area contributed by atoms with Crippen LogP contribution in [0.25, 0.3) is 0 Å². The molecule has 0 radical (unpaired) electrons. The molecular formula is C12H20BrNO2S. The van der Waals surface area contributed by atoms with Gasteiger partial charge in [-0.3, -0.25) is 0 Å². The molecule has 1 rings (SSSR count). The van der Waals surface area contributed by atoms with Crippen LogP contribution < -0.4 is 5.73 Å². The van der Waals surface area contributed by atoms with Crippen molar-refractivity contribution in [3.63, 3.8) is 0 Å². The van der Waals surface area contributed by atoms with Crippen LogP contribution in [-0.4, -0.2) is 25.4 Å². The molecule has 0 saturated heterocycles. The summed E-state index contributed by atoms with van der Waals surface area (Å²) in [5.41, 5.74) is 5.98. The average Bonchev–Trinajstić information content (AvgIpc) is 2.69. The average molecular weight is 322 g/mol. The number of nitrogens with two attached hydrogens (primary N) is 1. The number of ether oxygens (including phenoxy) is 2. The summed E-state index contributed by atoms with van der Waals surface area (Å²) in [6.07, 6.45) is -0.0198. The number of halogens is 1. The summed E-state index contributed by atoms with van der Waals surface area (Å²) in [4.78, 5) is 1.15. The minimum Gasteiger partial charge on any atom is -0.379 e. The van der Waals surface area contributed by atoms with E-state index in [1.54, 1.807) is 11.3 Å². The molecule has 1 aromatic rings. The van der Waals surface area contributed by atoms with Gasteiger partial charge in [-0.15, -0.1) is 11.3 Å². The van der Waals surface area contributed by atoms with Crippen molar-refractivity contribution in [1.82, 2.24) is 0 Å². The molecule has 0 amide bonds. The summed E-state index contributed by atoms with van der Waals surface area (Å²) in [5.74, 6) is 0. The lowest BCUT2D eigenvalue weighted by molar-refractivity contribution is -0.0536. The van der Waals surface area contributed by atoms with Gasteiger partial charge >= 0.3 is 0 Å². The zero-order chi connectivity index (χ0) is 12.8. The van der Waals surface area contributed by atoms with Gasteiger partial charge in [0.05, 0.1) is 12.7 Å². The van der Waals surface area contributed by atoms with Gasteiger partial charge in [0.1, 0.15) is 6.10 Å². The van der Waals surface area contributed by atoms with Gasteiger partial charge in [0.15, 0.2) is 0 Å². The third-order valence-electron chi connectivity index (χ3n) is 2.28. The zero-order valence-corrected chi connectivity index (χ0v) is 12.9. The van der Waals surface area contributed by atoms with E-state index in [4.69, 9.17) is 15.2 Å². The molecule has 0 saturated carbocycles. The van der Waals surface area contributed by atoms with Crippen LogP contribution in [-0.2, 0) is 9.47 Å². The minimum atomic E-state index is -0.0678. The van der Waals surface area contributed by atoms with Gasteiger partial charge < -0.3 is 15.2 Å². The molecule has 0 aromatic carbocycles. The molecule has 1 aromatic heterocycles. The van der Waals surface area contributed by atoms with E-state index in [0.717, 1.165) is 9.35 Å². The van der Waals surface area contributed by atoms with E-state index in [1.165, 1.54) is 0 Å². The smallest absolute Gasteiger partial charge is 0.107 e. The van der Waals surface area contributed by atoms with Gasteiger partial charge in [-0.05, 0) is 42.8 Å². The molecule has 2 N–H and O–H groups in total. The second kappa shape index (κ2) is 7.48. The predicted molar refractivity (Wildman–Crippen MR) is 75.4 cm³/mol. The molecule has 5 heteroatoms. The van der Waals surface area contributed by atoms with Crippen molar-refractivity contribution in [3.8, 4) is 0 Å². The standard InChI is InChI=1S/C12H20BrNO2S/c1-4-15-6-8(2)16-12(9(3)14)11-5-10(13)7-17-11/h5,7-9,12H,4,6,14H2,1-3H3. The van der Waals surface area contributed by atoms with Crippen LogP contribution >= 0.6 is 27.3 Å². The van der Waals surface area contributed by atoms with E-state index in [1.807, 2.05) is 26.2 Å². The maximum Gasteiger partial charge on any atom is 0.107 e. The Morgan fingerprint density at radius 2 is 2.18 bits per heavy atom. The molecule has 0 aliphatic carbocycles. The molecule has 0 bridgehead atoms. The summed E-state index contributed by atoms with van der Waals surface area (Å²) in [6.45, 7) is 7.26. The maximum absolute atomic E-state index is 5.98. The lowest BCUT2D eigenvalue weighted by Gasteiger charge is -2.24. The number of thiophene rings is 1. The number of rotatable bonds is 7. The van der Waals surface area contributed by atoms with Crippen LogP contribution in [0.15, 0.2) is 15.9 Å². The van der Waals surface area contributed by atoms with Gasteiger partial charge in [0, 0.05) is 27.4 Å². The Kier molecular flexibility index (Phi) is 6.66. The first kappa shape index (κ1) is 15.1. The molecular weight excluding hydrogens is 302 g/mol. The van der Waals surface area contributed by atoms with E-state index in [9.17, 15) is 0 Å². The molecule has 98 valence electrons. The fourth-order valence-electron chi connectivity index (χ4n) is 1.50. The third-order valence-corrected chi connectivity index (χ3v) is 4.04. The molecule has 3 nitrogen and oxygen atoms in total. The second-order valence-corrected chi connectivity index (χ2v) is 5.91. The predicted octanol–water partition coefficient (Wildman–Crippen LogP) is 3.34. The summed E-state index contributed by atoms with van der Waals surface area (Å²) in [7, 11) is 0. The Morgan fingerprint density at radius 3 is 2.65 bits per heavy atom. The summed E-state index contributed by atoms with van der Waals surface area (Å²) < 4.78 is 12.4. The van der Waals surface area contributed by atoms with E-state index in [0.29, 0.717) is 13.2 Å². The molecule has 0 aliphatic rings. The third kappa shape index (κ3) is 5.06. The van der Waals surface area contributed by atoms with Crippen LogP contribution in [0.5, 0.6) is 0 Å². The number of hydrogen-bond donors (Lipinski definition) is 1. The molecule has 0 fully saturated rings. The summed E-state index contributed by atoms with van der Waals surface area (Å²) in [5, 5.41) is 2.04. The first-order valence-electron chi connectivity index (χ1n) is 5.77. The first-order chi connectivity index (χ1) is 8.04. The van der Waals surface area contributed by atoms with Crippen LogP contribution in [0.1, 0.15) is 31.8 Å². The second-order valence-electron chi connectivity index (χ2n) is 4.05. The van der Waals surface area contributed by atoms with Gasteiger partial charge in [0.25, 0.3) is 0 Å². The highest BCUT2D eigenvalue weighted by atomic mass is 79.9. The van der Waals surface area contributed by atoms with E-state index in [-0.39, 0.29) is 18.2 Å². The molecule has 17 heavy (non-hydrogen) atoms. The Balaban J connectivity index is 2.61. The highest BCUT2D eigenvalue weighted by Crippen LogP contribution is 2.30. The molecule has 3 unspecified atom stereocenters. The van der Waals surface area contributed by atoms with E-state index < -0.39 is 0 Å². The van der Waals surface area contributed by atoms with Crippen molar-refractivity contribution in [1.29, 1.82) is 0 Å². The topological polar surface area (TPSA) is 44.5 Å². The van der Waals surface area contributed by atoms with Gasteiger partial charge in [-0.25, -0.2) is 0 Å². The molecule has 1 heterocycles. The zero-order valence-electron chi connectivity index (χ0n) is 10.5. The van der Waals surface area contributed by atoms with Crippen molar-refractivity contribution in [3.05, 3.63) is 20.8 Å². The van der Waals surface area contributed by atoms with Crippen LogP contribution in [0.3, 0.4) is 0 Å². The van der Waals surface area contributed by atoms with Crippen molar-refractivity contribution in [2.24, 2.45) is 5.73 Å². The molecule has 0 aliphatic heterocycles. The molecule has 3 atom stereocenters. The Labute approximate surface area is 115 Å². The van der Waals surface area contributed by atoms with Gasteiger partial charge in [-0.2, -0.15) is 0 Å². The highest BCUT2D eigenvalue weighted by Gasteiger charge is 2.21. The fourth-order valence-corrected chi connectivity index (χ4v) is 3.10. The molecule has 0 spiro atoms. The largest absolute Gasteiger partial charge is 0.379 e. The Hall–Kier alpha value is 0.0600. The minimum absolute atomic E-state index is 0.0374. The first-order valence-corrected chi connectivity index (χ1v) is 7.44. The Morgan fingerprint density at radius 1 is 1.47 bits per heavy atom. The van der Waals surface area contributed by atoms with Crippen LogP contribution in [0, 0.1) is 0 Å².